The molecule has 0 saturated carbocycles. The highest BCUT2D eigenvalue weighted by Crippen LogP contribution is 2.47. The number of aromatic amines is 1. The molecule has 8 heteroatoms. The minimum atomic E-state index is -4.36. The normalized spacial score (nSPS) is 17.4. The molecule has 1 amide bonds. The van der Waals surface area contributed by atoms with Gasteiger partial charge in [0.15, 0.2) is 4.90 Å². The van der Waals surface area contributed by atoms with E-state index < -0.39 is 38.0 Å². The van der Waals surface area contributed by atoms with Crippen molar-refractivity contribution < 1.29 is 13.2 Å². The number of nitrogens with one attached hydrogen (secondary N) is 2. The number of pyridine rings is 1. The summed E-state index contributed by atoms with van der Waals surface area (Å²) in [5.74, 6) is -0.691. The number of benzene rings is 2. The highest BCUT2D eigenvalue weighted by atomic mass is 32.2. The third-order valence-electron chi connectivity index (χ3n) is 6.67. The standard InChI is InChI=1S/C26H29N3O4S/c1-16-13-17(2)20(18(3)14-16)15-29-23(19-9-6-7-10-21(19)26(29,4)5)25(31)28-34(32,33)22-11-8-12-27-24(22)30/h6-14,23H,15H2,1-5H3,(H,27,30)(H,28,31). The molecule has 0 spiro atoms. The number of sulfonamides is 1. The second-order valence-corrected chi connectivity index (χ2v) is 11.0. The van der Waals surface area contributed by atoms with Gasteiger partial charge in [-0.05, 0) is 74.6 Å². The summed E-state index contributed by atoms with van der Waals surface area (Å²) in [5.41, 5.74) is 4.91. The predicted octanol–water partition coefficient (Wildman–Crippen LogP) is 3.60. The zero-order chi connectivity index (χ0) is 24.8. The number of rotatable bonds is 5. The Morgan fingerprint density at radius 2 is 1.71 bits per heavy atom. The molecule has 3 aromatic rings. The maximum absolute atomic E-state index is 13.6. The first-order valence-electron chi connectivity index (χ1n) is 11.1. The molecule has 178 valence electrons. The summed E-state index contributed by atoms with van der Waals surface area (Å²) in [4.78, 5) is 29.5. The van der Waals surface area contributed by atoms with Gasteiger partial charge in [-0.15, -0.1) is 0 Å². The number of nitrogens with zero attached hydrogens (tertiary/aromatic N) is 1. The van der Waals surface area contributed by atoms with Crippen LogP contribution in [0.3, 0.4) is 0 Å². The molecule has 0 bridgehead atoms. The summed E-state index contributed by atoms with van der Waals surface area (Å²) in [6.45, 7) is 10.7. The van der Waals surface area contributed by atoms with Crippen molar-refractivity contribution in [3.63, 3.8) is 0 Å². The van der Waals surface area contributed by atoms with E-state index in [9.17, 15) is 18.0 Å². The van der Waals surface area contributed by atoms with Crippen LogP contribution in [0.5, 0.6) is 0 Å². The van der Waals surface area contributed by atoms with Crippen molar-refractivity contribution in [3.05, 3.63) is 98.5 Å². The van der Waals surface area contributed by atoms with Gasteiger partial charge in [-0.2, -0.15) is 0 Å². The quantitative estimate of drug-likeness (QED) is 0.583. The molecular weight excluding hydrogens is 450 g/mol. The Labute approximate surface area is 199 Å². The van der Waals surface area contributed by atoms with Crippen LogP contribution in [-0.4, -0.2) is 24.2 Å². The van der Waals surface area contributed by atoms with Gasteiger partial charge < -0.3 is 4.98 Å². The monoisotopic (exact) mass is 479 g/mol. The van der Waals surface area contributed by atoms with E-state index in [0.29, 0.717) is 6.54 Å². The fourth-order valence-electron chi connectivity index (χ4n) is 5.00. The van der Waals surface area contributed by atoms with Crippen LogP contribution in [-0.2, 0) is 26.9 Å². The molecule has 7 nitrogen and oxygen atoms in total. The van der Waals surface area contributed by atoms with E-state index in [1.807, 2.05) is 63.8 Å². The summed E-state index contributed by atoms with van der Waals surface area (Å²) < 4.78 is 28.0. The Kier molecular flexibility index (Phi) is 5.99. The van der Waals surface area contributed by atoms with Crippen molar-refractivity contribution in [2.24, 2.45) is 0 Å². The summed E-state index contributed by atoms with van der Waals surface area (Å²) in [7, 11) is -4.36. The number of amides is 1. The lowest BCUT2D eigenvalue weighted by molar-refractivity contribution is -0.126. The SMILES string of the molecule is Cc1cc(C)c(CN2C(C(=O)NS(=O)(=O)c3ccc[nH]c3=O)c3ccccc3C2(C)C)c(C)c1. The van der Waals surface area contributed by atoms with Crippen LogP contribution < -0.4 is 10.3 Å². The van der Waals surface area contributed by atoms with E-state index in [4.69, 9.17) is 0 Å². The molecule has 2 N–H and O–H groups in total. The molecule has 34 heavy (non-hydrogen) atoms. The molecule has 2 aromatic carbocycles. The van der Waals surface area contributed by atoms with Crippen LogP contribution in [0, 0.1) is 20.8 Å². The fraction of sp³-hybridized carbons (Fsp3) is 0.308. The Bertz CT molecular complexity index is 1420. The Morgan fingerprint density at radius 1 is 1.06 bits per heavy atom. The van der Waals surface area contributed by atoms with Gasteiger partial charge in [0.05, 0.1) is 0 Å². The van der Waals surface area contributed by atoms with Crippen molar-refractivity contribution in [2.75, 3.05) is 0 Å². The van der Waals surface area contributed by atoms with Gasteiger partial charge >= 0.3 is 0 Å². The largest absolute Gasteiger partial charge is 0.328 e. The molecule has 1 unspecified atom stereocenters. The lowest BCUT2D eigenvalue weighted by Gasteiger charge is -2.36. The van der Waals surface area contributed by atoms with E-state index in [0.717, 1.165) is 33.4 Å². The molecule has 1 atom stereocenters. The number of hydrogen-bond donors (Lipinski definition) is 2. The third kappa shape index (κ3) is 4.08. The van der Waals surface area contributed by atoms with E-state index in [1.165, 1.54) is 18.3 Å². The molecule has 1 aromatic heterocycles. The molecule has 0 radical (unpaired) electrons. The Morgan fingerprint density at radius 3 is 2.35 bits per heavy atom. The first-order chi connectivity index (χ1) is 15.9. The number of aryl methyl sites for hydroxylation is 3. The lowest BCUT2D eigenvalue weighted by atomic mass is 9.92. The van der Waals surface area contributed by atoms with Crippen LogP contribution in [0.15, 0.2) is 64.4 Å². The number of carbonyl (C=O) groups is 1. The summed E-state index contributed by atoms with van der Waals surface area (Å²) in [6.07, 6.45) is 1.34. The van der Waals surface area contributed by atoms with Crippen molar-refractivity contribution >= 4 is 15.9 Å². The Balaban J connectivity index is 1.78. The molecule has 0 aliphatic carbocycles. The zero-order valence-corrected chi connectivity index (χ0v) is 20.8. The van der Waals surface area contributed by atoms with Gasteiger partial charge in [-0.25, -0.2) is 13.1 Å². The molecule has 1 aliphatic heterocycles. The molecular formula is C26H29N3O4S. The molecule has 1 aliphatic rings. The molecule has 2 heterocycles. The number of carbonyl (C=O) groups excluding carboxylic acids is 1. The van der Waals surface area contributed by atoms with E-state index >= 15 is 0 Å². The predicted molar refractivity (Wildman–Crippen MR) is 131 cm³/mol. The van der Waals surface area contributed by atoms with Crippen molar-refractivity contribution in [1.29, 1.82) is 0 Å². The van der Waals surface area contributed by atoms with Crippen LogP contribution >= 0.6 is 0 Å². The smallest absolute Gasteiger partial charge is 0.269 e. The topological polar surface area (TPSA) is 99.3 Å². The van der Waals surface area contributed by atoms with E-state index in [2.05, 4.69) is 21.8 Å². The van der Waals surface area contributed by atoms with Gasteiger partial charge in [0.25, 0.3) is 21.5 Å². The fourth-order valence-corrected chi connectivity index (χ4v) is 6.05. The summed E-state index contributed by atoms with van der Waals surface area (Å²) >= 11 is 0. The number of aromatic nitrogens is 1. The van der Waals surface area contributed by atoms with E-state index in [-0.39, 0.29) is 0 Å². The maximum Gasteiger partial charge on any atom is 0.269 e. The van der Waals surface area contributed by atoms with Gasteiger partial charge in [0.1, 0.15) is 6.04 Å². The third-order valence-corrected chi connectivity index (χ3v) is 8.04. The molecule has 4 rings (SSSR count). The van der Waals surface area contributed by atoms with Gasteiger partial charge in [0, 0.05) is 18.3 Å². The first-order valence-corrected chi connectivity index (χ1v) is 12.6. The number of fused-ring (bicyclic) bond motifs is 1. The summed E-state index contributed by atoms with van der Waals surface area (Å²) in [6, 6.07) is 13.6. The van der Waals surface area contributed by atoms with Gasteiger partial charge in [0.2, 0.25) is 0 Å². The highest BCUT2D eigenvalue weighted by molar-refractivity contribution is 7.90. The molecule has 0 saturated heterocycles. The molecule has 0 fully saturated rings. The zero-order valence-electron chi connectivity index (χ0n) is 20.0. The Hall–Kier alpha value is -3.23. The van der Waals surface area contributed by atoms with Crippen molar-refractivity contribution in [1.82, 2.24) is 14.6 Å². The summed E-state index contributed by atoms with van der Waals surface area (Å²) in [5, 5.41) is 0. The second kappa shape index (κ2) is 8.52. The van der Waals surface area contributed by atoms with Crippen LogP contribution in [0.4, 0.5) is 0 Å². The lowest BCUT2D eigenvalue weighted by Crippen LogP contribution is -2.45. The van der Waals surface area contributed by atoms with E-state index in [1.54, 1.807) is 0 Å². The minimum Gasteiger partial charge on any atom is -0.328 e. The first kappa shape index (κ1) is 23.9. The van der Waals surface area contributed by atoms with Gasteiger partial charge in [-0.3, -0.25) is 14.5 Å². The maximum atomic E-state index is 13.6. The second-order valence-electron chi connectivity index (χ2n) is 9.39. The van der Waals surface area contributed by atoms with Crippen molar-refractivity contribution in [3.8, 4) is 0 Å². The number of hydrogen-bond acceptors (Lipinski definition) is 5. The van der Waals surface area contributed by atoms with Crippen LogP contribution in [0.2, 0.25) is 0 Å². The van der Waals surface area contributed by atoms with Crippen LogP contribution in [0.1, 0.15) is 53.3 Å². The van der Waals surface area contributed by atoms with Gasteiger partial charge in [-0.1, -0.05) is 42.0 Å². The highest BCUT2D eigenvalue weighted by Gasteiger charge is 2.48. The number of H-pyrrole nitrogens is 1. The minimum absolute atomic E-state index is 0.462. The average Bonchev–Trinajstić information content (AvgIpc) is 2.97. The van der Waals surface area contributed by atoms with Crippen molar-refractivity contribution in [2.45, 2.75) is 57.6 Å². The average molecular weight is 480 g/mol. The van der Waals surface area contributed by atoms with Crippen LogP contribution in [0.25, 0.3) is 0 Å².